The molecule has 0 N–H and O–H groups in total. The molecule has 1 saturated heterocycles. The Morgan fingerprint density at radius 1 is 1.00 bits per heavy atom. The van der Waals surface area contributed by atoms with Crippen LogP contribution in [0, 0.1) is 10.8 Å². The van der Waals surface area contributed by atoms with Crippen molar-refractivity contribution < 1.29 is 19.1 Å². The highest BCUT2D eigenvalue weighted by Crippen LogP contribution is 2.52. The Balaban J connectivity index is 1.91. The molecular formula is C19H33NO4. The zero-order valence-electron chi connectivity index (χ0n) is 15.9. The summed E-state index contributed by atoms with van der Waals surface area (Å²) in [7, 11) is 1.49. The van der Waals surface area contributed by atoms with Gasteiger partial charge in [-0.1, -0.05) is 6.92 Å². The van der Waals surface area contributed by atoms with Crippen molar-refractivity contribution in [3.05, 3.63) is 0 Å². The van der Waals surface area contributed by atoms with E-state index in [1.165, 1.54) is 7.11 Å². The minimum atomic E-state index is -0.446. The van der Waals surface area contributed by atoms with Crippen LogP contribution in [0.5, 0.6) is 0 Å². The van der Waals surface area contributed by atoms with Gasteiger partial charge in [-0.15, -0.1) is 0 Å². The van der Waals surface area contributed by atoms with E-state index in [0.717, 1.165) is 58.0 Å². The number of likely N-dealkylation sites (tertiary alicyclic amines) is 1. The van der Waals surface area contributed by atoms with Gasteiger partial charge in [0.2, 0.25) is 0 Å². The fraction of sp³-hybridized carbons (Fsp3) is 0.895. The van der Waals surface area contributed by atoms with Gasteiger partial charge in [0.05, 0.1) is 12.5 Å². The quantitative estimate of drug-likeness (QED) is 0.709. The number of rotatable bonds is 2. The molecule has 5 heteroatoms. The molecule has 0 unspecified atom stereocenters. The highest BCUT2D eigenvalue weighted by atomic mass is 16.6. The summed E-state index contributed by atoms with van der Waals surface area (Å²) in [4.78, 5) is 26.2. The predicted octanol–water partition coefficient (Wildman–Crippen LogP) is 4.15. The van der Waals surface area contributed by atoms with Gasteiger partial charge in [-0.3, -0.25) is 4.79 Å². The molecule has 5 nitrogen and oxygen atoms in total. The van der Waals surface area contributed by atoms with Crippen LogP contribution in [0.3, 0.4) is 0 Å². The van der Waals surface area contributed by atoms with Crippen LogP contribution in [-0.2, 0) is 14.3 Å². The number of piperidine rings is 1. The molecule has 0 radical (unpaired) electrons. The molecule has 1 amide bonds. The molecule has 0 bridgehead atoms. The summed E-state index contributed by atoms with van der Waals surface area (Å²) in [5.74, 6) is -0.0500. The van der Waals surface area contributed by atoms with Gasteiger partial charge in [0, 0.05) is 13.1 Å². The van der Waals surface area contributed by atoms with Crippen LogP contribution >= 0.6 is 0 Å². The molecule has 0 atom stereocenters. The first-order valence-corrected chi connectivity index (χ1v) is 9.22. The summed E-state index contributed by atoms with van der Waals surface area (Å²) in [5.41, 5.74) is -0.453. The number of hydrogen-bond acceptors (Lipinski definition) is 4. The SMILES string of the molecule is CCC1(C(=O)OC)CCC2(CCN(C(=O)OC(C)(C)C)CC2)CC1. The summed E-state index contributed by atoms with van der Waals surface area (Å²) in [6, 6.07) is 0. The molecule has 24 heavy (non-hydrogen) atoms. The van der Waals surface area contributed by atoms with Crippen molar-refractivity contribution >= 4 is 12.1 Å². The molecule has 0 aromatic heterocycles. The van der Waals surface area contributed by atoms with E-state index in [2.05, 4.69) is 6.92 Å². The summed E-state index contributed by atoms with van der Waals surface area (Å²) in [6.45, 7) is 9.29. The largest absolute Gasteiger partial charge is 0.469 e. The van der Waals surface area contributed by atoms with Crippen molar-refractivity contribution in [1.82, 2.24) is 4.90 Å². The lowest BCUT2D eigenvalue weighted by atomic mass is 9.59. The van der Waals surface area contributed by atoms with Crippen LogP contribution in [0.2, 0.25) is 0 Å². The third kappa shape index (κ3) is 4.04. The third-order valence-electron chi connectivity index (χ3n) is 6.04. The summed E-state index contributed by atoms with van der Waals surface area (Å²) in [5, 5.41) is 0. The lowest BCUT2D eigenvalue weighted by Crippen LogP contribution is -2.48. The molecule has 1 aliphatic heterocycles. The normalized spacial score (nSPS) is 23.0. The molecule has 2 fully saturated rings. The number of ether oxygens (including phenoxy) is 2. The fourth-order valence-electron chi connectivity index (χ4n) is 4.17. The molecule has 1 heterocycles. The van der Waals surface area contributed by atoms with E-state index in [4.69, 9.17) is 9.47 Å². The van der Waals surface area contributed by atoms with Crippen molar-refractivity contribution in [2.24, 2.45) is 10.8 Å². The van der Waals surface area contributed by atoms with E-state index in [1.54, 1.807) is 0 Å². The number of methoxy groups -OCH3 is 1. The number of amides is 1. The first kappa shape index (κ1) is 19.1. The van der Waals surface area contributed by atoms with Crippen molar-refractivity contribution in [2.45, 2.75) is 78.2 Å². The van der Waals surface area contributed by atoms with Crippen LogP contribution in [0.15, 0.2) is 0 Å². The van der Waals surface area contributed by atoms with Crippen LogP contribution < -0.4 is 0 Å². The average Bonchev–Trinajstić information content (AvgIpc) is 2.54. The van der Waals surface area contributed by atoms with Gasteiger partial charge in [-0.05, 0) is 71.1 Å². The van der Waals surface area contributed by atoms with E-state index in [9.17, 15) is 9.59 Å². The number of nitrogens with zero attached hydrogens (tertiary/aromatic N) is 1. The highest BCUT2D eigenvalue weighted by Gasteiger charge is 2.48. The lowest BCUT2D eigenvalue weighted by Gasteiger charge is -2.48. The Morgan fingerprint density at radius 2 is 1.54 bits per heavy atom. The molecular weight excluding hydrogens is 306 g/mol. The maximum atomic E-state index is 12.2. The maximum absolute atomic E-state index is 12.2. The fourth-order valence-corrected chi connectivity index (χ4v) is 4.17. The minimum absolute atomic E-state index is 0.0500. The van der Waals surface area contributed by atoms with Crippen LogP contribution in [0.25, 0.3) is 0 Å². The monoisotopic (exact) mass is 339 g/mol. The standard InChI is InChI=1S/C19H33NO4/c1-6-19(15(21)23-5)9-7-18(8-10-19)11-13-20(14-12-18)16(22)24-17(2,3)4/h6-14H2,1-5H3. The van der Waals surface area contributed by atoms with Crippen molar-refractivity contribution in [1.29, 1.82) is 0 Å². The van der Waals surface area contributed by atoms with E-state index in [-0.39, 0.29) is 22.9 Å². The van der Waals surface area contributed by atoms with Gasteiger partial charge in [-0.2, -0.15) is 0 Å². The second kappa shape index (κ2) is 6.93. The molecule has 1 spiro atoms. The average molecular weight is 339 g/mol. The Morgan fingerprint density at radius 3 is 1.96 bits per heavy atom. The van der Waals surface area contributed by atoms with Crippen LogP contribution in [-0.4, -0.2) is 42.8 Å². The summed E-state index contributed by atoms with van der Waals surface area (Å²) in [6.07, 6.45) is 6.58. The van der Waals surface area contributed by atoms with Crippen molar-refractivity contribution in [3.63, 3.8) is 0 Å². The zero-order chi connectivity index (χ0) is 18.0. The van der Waals surface area contributed by atoms with E-state index < -0.39 is 5.60 Å². The number of esters is 1. The summed E-state index contributed by atoms with van der Waals surface area (Å²) < 4.78 is 10.5. The second-order valence-electron chi connectivity index (χ2n) is 8.59. The van der Waals surface area contributed by atoms with Crippen LogP contribution in [0.4, 0.5) is 4.79 Å². The molecule has 1 aliphatic carbocycles. The predicted molar refractivity (Wildman–Crippen MR) is 92.7 cm³/mol. The zero-order valence-corrected chi connectivity index (χ0v) is 15.9. The van der Waals surface area contributed by atoms with E-state index in [1.807, 2.05) is 25.7 Å². The Hall–Kier alpha value is -1.26. The smallest absolute Gasteiger partial charge is 0.410 e. The second-order valence-corrected chi connectivity index (χ2v) is 8.59. The third-order valence-corrected chi connectivity index (χ3v) is 6.04. The Bertz CT molecular complexity index is 462. The molecule has 138 valence electrons. The summed E-state index contributed by atoms with van der Waals surface area (Å²) >= 11 is 0. The van der Waals surface area contributed by atoms with Crippen molar-refractivity contribution in [3.8, 4) is 0 Å². The van der Waals surface area contributed by atoms with Gasteiger partial charge < -0.3 is 14.4 Å². The molecule has 0 aromatic rings. The van der Waals surface area contributed by atoms with Gasteiger partial charge >= 0.3 is 12.1 Å². The number of carbonyl (C=O) groups excluding carboxylic acids is 2. The maximum Gasteiger partial charge on any atom is 0.410 e. The lowest BCUT2D eigenvalue weighted by molar-refractivity contribution is -0.157. The van der Waals surface area contributed by atoms with E-state index in [0.29, 0.717) is 0 Å². The number of hydrogen-bond donors (Lipinski definition) is 0. The molecule has 0 aromatic carbocycles. The topological polar surface area (TPSA) is 55.8 Å². The molecule has 2 rings (SSSR count). The van der Waals surface area contributed by atoms with E-state index >= 15 is 0 Å². The van der Waals surface area contributed by atoms with Gasteiger partial charge in [-0.25, -0.2) is 4.79 Å². The van der Waals surface area contributed by atoms with Gasteiger partial charge in [0.15, 0.2) is 0 Å². The van der Waals surface area contributed by atoms with Crippen LogP contribution in [0.1, 0.15) is 72.6 Å². The van der Waals surface area contributed by atoms with Gasteiger partial charge in [0.1, 0.15) is 5.60 Å². The highest BCUT2D eigenvalue weighted by molar-refractivity contribution is 5.76. The molecule has 2 aliphatic rings. The minimum Gasteiger partial charge on any atom is -0.469 e. The van der Waals surface area contributed by atoms with Gasteiger partial charge in [0.25, 0.3) is 0 Å². The first-order valence-electron chi connectivity index (χ1n) is 9.22. The Labute approximate surface area is 146 Å². The Kier molecular flexibility index (Phi) is 5.50. The molecule has 1 saturated carbocycles. The van der Waals surface area contributed by atoms with Crippen molar-refractivity contribution in [2.75, 3.05) is 20.2 Å². The first-order chi connectivity index (χ1) is 11.2. The number of carbonyl (C=O) groups is 2.